The van der Waals surface area contributed by atoms with Gasteiger partial charge in [-0.3, -0.25) is 0 Å². The summed E-state index contributed by atoms with van der Waals surface area (Å²) in [6, 6.07) is 109. The maximum absolute atomic E-state index is 2.58. The average Bonchev–Trinajstić information content (AvgIpc) is 4.26. The Bertz CT molecular complexity index is 4360. The van der Waals surface area contributed by atoms with Crippen LogP contribution in [0.4, 0.5) is 34.1 Å². The highest BCUT2D eigenvalue weighted by Gasteiger charge is 2.30. The number of rotatable bonds is 10. The van der Waals surface area contributed by atoms with Gasteiger partial charge in [-0.25, -0.2) is 0 Å². The van der Waals surface area contributed by atoms with Crippen molar-refractivity contribution in [3.8, 4) is 44.5 Å². The highest BCUT2D eigenvalue weighted by molar-refractivity contribution is 6.33. The lowest BCUT2D eigenvalue weighted by Crippen LogP contribution is -2.13. The van der Waals surface area contributed by atoms with E-state index < -0.39 is 0 Å². The molecule has 0 aliphatic heterocycles. The van der Waals surface area contributed by atoms with Crippen molar-refractivity contribution in [3.63, 3.8) is 0 Å². The van der Waals surface area contributed by atoms with Gasteiger partial charge in [0, 0.05) is 54.8 Å². The summed E-state index contributed by atoms with van der Waals surface area (Å²) in [4.78, 5) is 5.07. The van der Waals surface area contributed by atoms with Crippen LogP contribution in [0.5, 0.6) is 0 Å². The van der Waals surface area contributed by atoms with E-state index in [0.717, 1.165) is 67.4 Å². The number of aromatic nitrogens is 1. The van der Waals surface area contributed by atoms with Gasteiger partial charge in [0.1, 0.15) is 0 Å². The third-order valence-corrected chi connectivity index (χ3v) is 15.6. The van der Waals surface area contributed by atoms with Gasteiger partial charge in [-0.1, -0.05) is 237 Å². The lowest BCUT2D eigenvalue weighted by Gasteiger charge is -2.31. The Hall–Kier alpha value is -10.2. The largest absolute Gasteiger partial charge is 0.309 e. The SMILES string of the molecule is c1ccc(-c2ccc(N(c3ccccc3)c3c4ccccc4cc4c3c3cccc5c6c(N(c7ccccc7)c7ccc(-c8ccccc8)cc7-c7ccccc7)c7ccccc7cc6n4c35)c(-c3ccccc3)c2)cc1. The molecule has 360 valence electrons. The Labute approximate surface area is 447 Å². The second kappa shape index (κ2) is 18.3. The van der Waals surface area contributed by atoms with Gasteiger partial charge in [0.25, 0.3) is 0 Å². The van der Waals surface area contributed by atoms with Crippen LogP contribution < -0.4 is 9.80 Å². The average molecular weight is 980 g/mol. The minimum atomic E-state index is 1.09. The van der Waals surface area contributed by atoms with E-state index in [1.165, 1.54) is 70.9 Å². The van der Waals surface area contributed by atoms with Crippen LogP contribution in [-0.2, 0) is 0 Å². The van der Waals surface area contributed by atoms with E-state index >= 15 is 0 Å². The number of anilines is 6. The highest BCUT2D eigenvalue weighted by Crippen LogP contribution is 2.55. The Balaban J connectivity index is 1.06. The summed E-state index contributed by atoms with van der Waals surface area (Å²) in [5.74, 6) is 0. The van der Waals surface area contributed by atoms with Crippen LogP contribution in [0.2, 0.25) is 0 Å². The van der Waals surface area contributed by atoms with Crippen molar-refractivity contribution in [1.82, 2.24) is 4.40 Å². The fourth-order valence-electron chi connectivity index (χ4n) is 12.2. The van der Waals surface area contributed by atoms with E-state index in [0.29, 0.717) is 0 Å². The number of fused-ring (bicyclic) bond motifs is 8. The van der Waals surface area contributed by atoms with Gasteiger partial charge in [-0.2, -0.15) is 0 Å². The summed E-state index contributed by atoms with van der Waals surface area (Å²) in [6.07, 6.45) is 0. The monoisotopic (exact) mass is 979 g/mol. The summed E-state index contributed by atoms with van der Waals surface area (Å²) < 4.78 is 2.58. The molecule has 77 heavy (non-hydrogen) atoms. The molecule has 2 aromatic heterocycles. The first-order valence-corrected chi connectivity index (χ1v) is 26.5. The second-order valence-electron chi connectivity index (χ2n) is 20.0. The third kappa shape index (κ3) is 7.28. The van der Waals surface area contributed by atoms with Crippen molar-refractivity contribution in [2.24, 2.45) is 0 Å². The molecule has 0 fully saturated rings. The van der Waals surface area contributed by atoms with Gasteiger partial charge < -0.3 is 14.2 Å². The molecule has 0 aliphatic rings. The van der Waals surface area contributed by atoms with Crippen molar-refractivity contribution in [2.45, 2.75) is 0 Å². The molecular formula is C74H49N3. The van der Waals surface area contributed by atoms with Gasteiger partial charge in [-0.05, 0) is 105 Å². The van der Waals surface area contributed by atoms with Gasteiger partial charge >= 0.3 is 0 Å². The molecule has 13 aromatic carbocycles. The highest BCUT2D eigenvalue weighted by atomic mass is 15.2. The molecule has 0 radical (unpaired) electrons. The number of hydrogen-bond donors (Lipinski definition) is 0. The Morgan fingerprint density at radius 2 is 0.584 bits per heavy atom. The molecule has 3 heteroatoms. The van der Waals surface area contributed by atoms with Gasteiger partial charge in [0.2, 0.25) is 0 Å². The van der Waals surface area contributed by atoms with Crippen LogP contribution in [0.25, 0.3) is 104 Å². The number of benzene rings is 13. The molecule has 0 spiro atoms. The lowest BCUT2D eigenvalue weighted by atomic mass is 9.94. The lowest BCUT2D eigenvalue weighted by molar-refractivity contribution is 1.30. The topological polar surface area (TPSA) is 10.9 Å². The van der Waals surface area contributed by atoms with E-state index in [1.807, 2.05) is 0 Å². The van der Waals surface area contributed by atoms with Crippen LogP contribution >= 0.6 is 0 Å². The van der Waals surface area contributed by atoms with Crippen molar-refractivity contribution in [2.75, 3.05) is 9.80 Å². The fraction of sp³-hybridized carbons (Fsp3) is 0. The molecule has 0 amide bonds. The van der Waals surface area contributed by atoms with E-state index in [9.17, 15) is 0 Å². The Morgan fingerprint density at radius 3 is 0.987 bits per heavy atom. The minimum Gasteiger partial charge on any atom is -0.309 e. The van der Waals surface area contributed by atoms with E-state index in [-0.39, 0.29) is 0 Å². The maximum atomic E-state index is 2.58. The first kappa shape index (κ1) is 44.3. The molecule has 0 saturated carbocycles. The number of hydrogen-bond acceptors (Lipinski definition) is 2. The summed E-state index contributed by atoms with van der Waals surface area (Å²) >= 11 is 0. The molecule has 15 aromatic rings. The van der Waals surface area contributed by atoms with Gasteiger partial charge in [0.15, 0.2) is 0 Å². The second-order valence-corrected chi connectivity index (χ2v) is 20.0. The number of nitrogens with zero attached hydrogens (tertiary/aromatic N) is 3. The van der Waals surface area contributed by atoms with Crippen molar-refractivity contribution in [1.29, 1.82) is 0 Å². The van der Waals surface area contributed by atoms with Crippen LogP contribution in [0, 0.1) is 0 Å². The zero-order valence-corrected chi connectivity index (χ0v) is 42.1. The van der Waals surface area contributed by atoms with Crippen LogP contribution in [0.3, 0.4) is 0 Å². The summed E-state index contributed by atoms with van der Waals surface area (Å²) in [5.41, 5.74) is 19.5. The zero-order chi connectivity index (χ0) is 50.8. The normalized spacial score (nSPS) is 11.6. The fourth-order valence-corrected chi connectivity index (χ4v) is 12.2. The summed E-state index contributed by atoms with van der Waals surface area (Å²) in [7, 11) is 0. The molecular weight excluding hydrogens is 931 g/mol. The quantitative estimate of drug-likeness (QED) is 0.135. The number of para-hydroxylation sites is 3. The van der Waals surface area contributed by atoms with Gasteiger partial charge in [0.05, 0.1) is 39.3 Å². The van der Waals surface area contributed by atoms with E-state index in [1.54, 1.807) is 0 Å². The zero-order valence-electron chi connectivity index (χ0n) is 42.1. The summed E-state index contributed by atoms with van der Waals surface area (Å²) in [6.45, 7) is 0. The minimum absolute atomic E-state index is 1.09. The van der Waals surface area contributed by atoms with Crippen LogP contribution in [0.15, 0.2) is 297 Å². The predicted octanol–water partition coefficient (Wildman–Crippen LogP) is 20.8. The molecule has 0 aliphatic carbocycles. The molecule has 0 N–H and O–H groups in total. The summed E-state index contributed by atoms with van der Waals surface area (Å²) in [5, 5.41) is 9.53. The molecule has 15 rings (SSSR count). The van der Waals surface area contributed by atoms with Crippen LogP contribution in [-0.4, -0.2) is 4.40 Å². The van der Waals surface area contributed by atoms with E-state index in [2.05, 4.69) is 311 Å². The Morgan fingerprint density at radius 1 is 0.247 bits per heavy atom. The molecule has 0 bridgehead atoms. The molecule has 0 unspecified atom stereocenters. The molecule has 0 saturated heterocycles. The standard InChI is InChI=1S/C74H49N3/c1-7-24-50(25-8-1)54-42-44-66(64(46-54)52-28-11-3-12-29-52)75(58-34-15-5-16-35-58)73-60-38-21-19-32-56(60)48-68-70(73)62-40-23-41-63-71-69(77(68)72(62)63)49-57-33-20-22-39-61(57)74(71)76(59-36-17-6-18-37-59)67-45-43-55(51-26-9-2-10-27-51)47-65(67)53-30-13-4-14-31-53/h1-49H. The van der Waals surface area contributed by atoms with Crippen molar-refractivity contribution >= 4 is 93.8 Å². The third-order valence-electron chi connectivity index (χ3n) is 15.6. The maximum Gasteiger partial charge on any atom is 0.0640 e. The Kier molecular flexibility index (Phi) is 10.5. The van der Waals surface area contributed by atoms with Crippen molar-refractivity contribution in [3.05, 3.63) is 297 Å². The first-order valence-electron chi connectivity index (χ1n) is 26.5. The van der Waals surface area contributed by atoms with Crippen molar-refractivity contribution < 1.29 is 0 Å². The molecule has 2 heterocycles. The molecule has 3 nitrogen and oxygen atoms in total. The van der Waals surface area contributed by atoms with Crippen LogP contribution in [0.1, 0.15) is 0 Å². The molecule has 0 atom stereocenters. The smallest absolute Gasteiger partial charge is 0.0640 e. The van der Waals surface area contributed by atoms with Gasteiger partial charge in [-0.15, -0.1) is 0 Å². The predicted molar refractivity (Wildman–Crippen MR) is 327 cm³/mol. The van der Waals surface area contributed by atoms with E-state index in [4.69, 9.17) is 0 Å². The first-order chi connectivity index (χ1) is 38.2.